The molecule has 2 N–H and O–H groups in total. The lowest BCUT2D eigenvalue weighted by Crippen LogP contribution is -2.42. The number of carbonyl (C=O) groups is 1. The lowest BCUT2D eigenvalue weighted by Gasteiger charge is -2.23. The molecule has 2 aromatic carbocycles. The number of nitrogens with one attached hydrogen (secondary N) is 2. The standard InChI is InChI=1S/C22H27N5O/c1-26(2)17-21(19-9-5-3-6-10-19)25-22(28)23-14-13-18-15-24-27(16-18)20-11-7-4-8-12-20/h3-12,15-16,21H,13-14,17H2,1-2H3,(H2,23,25,28). The molecule has 1 heterocycles. The summed E-state index contributed by atoms with van der Waals surface area (Å²) in [7, 11) is 4.00. The van der Waals surface area contributed by atoms with Gasteiger partial charge in [0, 0.05) is 19.3 Å². The van der Waals surface area contributed by atoms with Crippen LogP contribution in [0.25, 0.3) is 5.69 Å². The number of nitrogens with zero attached hydrogens (tertiary/aromatic N) is 3. The number of likely N-dealkylation sites (N-methyl/N-ethyl adjacent to an activating group) is 1. The first kappa shape index (κ1) is 19.6. The Morgan fingerprint density at radius 1 is 1.07 bits per heavy atom. The van der Waals surface area contributed by atoms with Crippen LogP contribution in [-0.4, -0.2) is 47.9 Å². The number of aromatic nitrogens is 2. The van der Waals surface area contributed by atoms with Gasteiger partial charge in [-0.15, -0.1) is 0 Å². The van der Waals surface area contributed by atoms with E-state index in [4.69, 9.17) is 0 Å². The highest BCUT2D eigenvalue weighted by Gasteiger charge is 2.15. The van der Waals surface area contributed by atoms with E-state index in [0.29, 0.717) is 6.54 Å². The lowest BCUT2D eigenvalue weighted by atomic mass is 10.1. The minimum Gasteiger partial charge on any atom is -0.338 e. The first-order valence-electron chi connectivity index (χ1n) is 9.45. The number of rotatable bonds is 8. The van der Waals surface area contributed by atoms with Crippen LogP contribution in [0.3, 0.4) is 0 Å². The number of carbonyl (C=O) groups excluding carboxylic acids is 1. The second-order valence-electron chi connectivity index (χ2n) is 7.00. The molecule has 0 saturated carbocycles. The van der Waals surface area contributed by atoms with Crippen LogP contribution in [0.2, 0.25) is 0 Å². The first-order valence-corrected chi connectivity index (χ1v) is 9.45. The minimum absolute atomic E-state index is 0.0583. The maximum atomic E-state index is 12.4. The van der Waals surface area contributed by atoms with Crippen LogP contribution < -0.4 is 10.6 Å². The van der Waals surface area contributed by atoms with Crippen LogP contribution in [0.4, 0.5) is 4.79 Å². The van der Waals surface area contributed by atoms with E-state index in [1.54, 1.807) is 0 Å². The maximum Gasteiger partial charge on any atom is 0.315 e. The molecule has 0 saturated heterocycles. The molecule has 6 heteroatoms. The molecule has 28 heavy (non-hydrogen) atoms. The molecule has 2 amide bonds. The van der Waals surface area contributed by atoms with Crippen molar-refractivity contribution in [2.75, 3.05) is 27.2 Å². The zero-order valence-corrected chi connectivity index (χ0v) is 16.4. The van der Waals surface area contributed by atoms with Crippen molar-refractivity contribution in [2.24, 2.45) is 0 Å². The van der Waals surface area contributed by atoms with E-state index in [2.05, 4.69) is 20.6 Å². The molecule has 0 aliphatic carbocycles. The highest BCUT2D eigenvalue weighted by Crippen LogP contribution is 2.13. The molecule has 1 unspecified atom stereocenters. The van der Waals surface area contributed by atoms with Crippen molar-refractivity contribution in [1.29, 1.82) is 0 Å². The molecule has 3 rings (SSSR count). The number of hydrogen-bond donors (Lipinski definition) is 2. The number of urea groups is 1. The van der Waals surface area contributed by atoms with Gasteiger partial charge in [-0.05, 0) is 43.8 Å². The smallest absolute Gasteiger partial charge is 0.315 e. The fraction of sp³-hybridized carbons (Fsp3) is 0.273. The summed E-state index contributed by atoms with van der Waals surface area (Å²) >= 11 is 0. The van der Waals surface area contributed by atoms with E-state index in [9.17, 15) is 4.79 Å². The van der Waals surface area contributed by atoms with Crippen molar-refractivity contribution in [3.8, 4) is 5.69 Å². The quantitative estimate of drug-likeness (QED) is 0.634. The molecule has 0 aliphatic rings. The number of amides is 2. The molecular formula is C22H27N5O. The molecule has 1 aromatic heterocycles. The first-order chi connectivity index (χ1) is 13.6. The number of hydrogen-bond acceptors (Lipinski definition) is 3. The van der Waals surface area contributed by atoms with Crippen molar-refractivity contribution in [1.82, 2.24) is 25.3 Å². The third-order valence-corrected chi connectivity index (χ3v) is 4.41. The highest BCUT2D eigenvalue weighted by molar-refractivity contribution is 5.74. The number of para-hydroxylation sites is 1. The Labute approximate surface area is 166 Å². The average molecular weight is 377 g/mol. The summed E-state index contributed by atoms with van der Waals surface area (Å²) in [6.07, 6.45) is 4.56. The average Bonchev–Trinajstić information content (AvgIpc) is 3.17. The van der Waals surface area contributed by atoms with Gasteiger partial charge in [0.1, 0.15) is 0 Å². The third-order valence-electron chi connectivity index (χ3n) is 4.41. The monoisotopic (exact) mass is 377 g/mol. The van der Waals surface area contributed by atoms with Gasteiger partial charge >= 0.3 is 6.03 Å². The molecule has 0 spiro atoms. The largest absolute Gasteiger partial charge is 0.338 e. The van der Waals surface area contributed by atoms with E-state index in [-0.39, 0.29) is 12.1 Å². The fourth-order valence-corrected chi connectivity index (χ4v) is 3.03. The molecule has 0 fully saturated rings. The Hall–Kier alpha value is -3.12. The minimum atomic E-state index is -0.161. The summed E-state index contributed by atoms with van der Waals surface area (Å²) in [5.41, 5.74) is 3.20. The molecule has 6 nitrogen and oxygen atoms in total. The van der Waals surface area contributed by atoms with Gasteiger partial charge < -0.3 is 15.5 Å². The predicted molar refractivity (Wildman–Crippen MR) is 112 cm³/mol. The van der Waals surface area contributed by atoms with Crippen molar-refractivity contribution in [3.05, 3.63) is 84.2 Å². The molecule has 0 radical (unpaired) electrons. The topological polar surface area (TPSA) is 62.2 Å². The third kappa shape index (κ3) is 5.69. The van der Waals surface area contributed by atoms with Crippen molar-refractivity contribution in [2.45, 2.75) is 12.5 Å². The van der Waals surface area contributed by atoms with E-state index in [1.807, 2.05) is 91.8 Å². The lowest BCUT2D eigenvalue weighted by molar-refractivity contribution is 0.233. The van der Waals surface area contributed by atoms with Gasteiger partial charge in [0.2, 0.25) is 0 Å². The van der Waals surface area contributed by atoms with Crippen molar-refractivity contribution >= 4 is 6.03 Å². The van der Waals surface area contributed by atoms with E-state index < -0.39 is 0 Å². The van der Waals surface area contributed by atoms with Gasteiger partial charge in [0.15, 0.2) is 0 Å². The molecular weight excluding hydrogens is 350 g/mol. The summed E-state index contributed by atoms with van der Waals surface area (Å²) < 4.78 is 1.85. The Morgan fingerprint density at radius 2 is 1.75 bits per heavy atom. The van der Waals surface area contributed by atoms with Gasteiger partial charge in [-0.3, -0.25) is 0 Å². The Bertz CT molecular complexity index is 861. The SMILES string of the molecule is CN(C)CC(NC(=O)NCCc1cnn(-c2ccccc2)c1)c1ccccc1. The summed E-state index contributed by atoms with van der Waals surface area (Å²) in [6.45, 7) is 1.29. The molecule has 146 valence electrons. The van der Waals surface area contributed by atoms with E-state index >= 15 is 0 Å². The second-order valence-corrected chi connectivity index (χ2v) is 7.00. The van der Waals surface area contributed by atoms with E-state index in [0.717, 1.165) is 29.8 Å². The normalized spacial score (nSPS) is 12.0. The molecule has 3 aromatic rings. The van der Waals surface area contributed by atoms with Gasteiger partial charge in [-0.1, -0.05) is 48.5 Å². The Kier molecular flexibility index (Phi) is 6.81. The predicted octanol–water partition coefficient (Wildman–Crippen LogP) is 3.02. The Balaban J connectivity index is 1.50. The maximum absolute atomic E-state index is 12.4. The van der Waals surface area contributed by atoms with Crippen LogP contribution in [0.15, 0.2) is 73.1 Å². The summed E-state index contributed by atoms with van der Waals surface area (Å²) in [5, 5.41) is 10.4. The molecule has 0 bridgehead atoms. The molecule has 0 aliphatic heterocycles. The van der Waals surface area contributed by atoms with Crippen LogP contribution in [0, 0.1) is 0 Å². The number of benzene rings is 2. The van der Waals surface area contributed by atoms with Gasteiger partial charge in [0.05, 0.1) is 17.9 Å². The van der Waals surface area contributed by atoms with Crippen LogP contribution in [0.1, 0.15) is 17.2 Å². The van der Waals surface area contributed by atoms with Crippen molar-refractivity contribution in [3.63, 3.8) is 0 Å². The zero-order valence-electron chi connectivity index (χ0n) is 16.4. The highest BCUT2D eigenvalue weighted by atomic mass is 16.2. The zero-order chi connectivity index (χ0) is 19.8. The summed E-state index contributed by atoms with van der Waals surface area (Å²) in [5.74, 6) is 0. The molecule has 1 atom stereocenters. The van der Waals surface area contributed by atoms with Crippen LogP contribution in [0.5, 0.6) is 0 Å². The fourth-order valence-electron chi connectivity index (χ4n) is 3.03. The van der Waals surface area contributed by atoms with Gasteiger partial charge in [0.25, 0.3) is 0 Å². The van der Waals surface area contributed by atoms with E-state index in [1.165, 1.54) is 0 Å². The van der Waals surface area contributed by atoms with Gasteiger partial charge in [-0.2, -0.15) is 5.10 Å². The summed E-state index contributed by atoms with van der Waals surface area (Å²) in [6, 6.07) is 19.8. The van der Waals surface area contributed by atoms with Gasteiger partial charge in [-0.25, -0.2) is 9.48 Å². The summed E-state index contributed by atoms with van der Waals surface area (Å²) in [4.78, 5) is 14.4. The van der Waals surface area contributed by atoms with Crippen LogP contribution >= 0.6 is 0 Å². The second kappa shape index (κ2) is 9.71. The van der Waals surface area contributed by atoms with Crippen molar-refractivity contribution < 1.29 is 4.79 Å². The van der Waals surface area contributed by atoms with Crippen LogP contribution in [-0.2, 0) is 6.42 Å². The Morgan fingerprint density at radius 3 is 2.43 bits per heavy atom.